The minimum Gasteiger partial charge on any atom is -0.677 e. The van der Waals surface area contributed by atoms with Gasteiger partial charge >= 0.3 is 26.2 Å². The van der Waals surface area contributed by atoms with Gasteiger partial charge in [0.2, 0.25) is 0 Å². The fourth-order valence-electron chi connectivity index (χ4n) is 4.10. The molecular weight excluding hydrogens is 578 g/mol. The number of rotatable bonds is 3. The average molecular weight is 621 g/mol. The molecule has 1 aromatic heterocycles. The first-order valence-electron chi connectivity index (χ1n) is 13.5. The van der Waals surface area contributed by atoms with Crippen LogP contribution in [-0.4, -0.2) is 9.78 Å². The Kier molecular flexibility index (Phi) is 16.1. The summed E-state index contributed by atoms with van der Waals surface area (Å²) in [6.45, 7) is 21.7. The Morgan fingerprint density at radius 2 is 1.00 bits per heavy atom. The molecule has 0 saturated heterocycles. The van der Waals surface area contributed by atoms with Gasteiger partial charge in [-0.2, -0.15) is 79.0 Å². The van der Waals surface area contributed by atoms with E-state index in [1.807, 2.05) is 109 Å². The standard InChI is InChI=1S/C16H22N3.3C7H7.Zr/c1-10-7-11(2)15(12(3)8-10)17-14(5)16-13(4)9-19(6)18-16;3*1-7-5-3-2-4-6-7;/h7-9,14H,1-6H3;3*2-6H,1H2;/q4*-1;+3. The van der Waals surface area contributed by atoms with Crippen LogP contribution in [0.3, 0.4) is 0 Å². The van der Waals surface area contributed by atoms with Crippen molar-refractivity contribution in [1.82, 2.24) is 9.78 Å². The van der Waals surface area contributed by atoms with Crippen molar-refractivity contribution in [3.63, 3.8) is 0 Å². The Labute approximate surface area is 268 Å². The van der Waals surface area contributed by atoms with Gasteiger partial charge in [-0.3, -0.25) is 4.68 Å². The smallest absolute Gasteiger partial charge is 0.677 e. The van der Waals surface area contributed by atoms with Gasteiger partial charge in [-0.15, -0.1) is 42.1 Å². The third-order valence-electron chi connectivity index (χ3n) is 5.93. The van der Waals surface area contributed by atoms with E-state index in [9.17, 15) is 0 Å². The van der Waals surface area contributed by atoms with Crippen LogP contribution in [0.25, 0.3) is 5.32 Å². The maximum atomic E-state index is 4.87. The Bertz CT molecular complexity index is 1280. The minimum atomic E-state index is 0. The molecule has 0 aliphatic rings. The second-order valence-corrected chi connectivity index (χ2v) is 9.88. The number of aryl methyl sites for hydroxylation is 5. The topological polar surface area (TPSA) is 31.9 Å². The van der Waals surface area contributed by atoms with E-state index in [1.165, 1.54) is 22.3 Å². The van der Waals surface area contributed by atoms with Crippen molar-refractivity contribution in [3.05, 3.63) is 180 Å². The maximum Gasteiger partial charge on any atom is 3.00 e. The van der Waals surface area contributed by atoms with Crippen LogP contribution in [0.2, 0.25) is 0 Å². The van der Waals surface area contributed by atoms with Crippen molar-refractivity contribution >= 4 is 5.69 Å². The molecule has 1 heterocycles. The van der Waals surface area contributed by atoms with E-state index < -0.39 is 0 Å². The van der Waals surface area contributed by atoms with Gasteiger partial charge in [-0.05, 0) is 33.3 Å². The van der Waals surface area contributed by atoms with Crippen LogP contribution in [0, 0.1) is 48.5 Å². The number of hydrogen-bond donors (Lipinski definition) is 0. The molecule has 3 nitrogen and oxygen atoms in total. The Balaban J connectivity index is 0.000000313. The largest absolute Gasteiger partial charge is 3.00 e. The summed E-state index contributed by atoms with van der Waals surface area (Å²) in [5, 5.41) is 9.37. The molecule has 0 aliphatic heterocycles. The quantitative estimate of drug-likeness (QED) is 0.185. The first-order chi connectivity index (χ1) is 19.1. The van der Waals surface area contributed by atoms with Crippen LogP contribution in [-0.2, 0) is 33.3 Å². The van der Waals surface area contributed by atoms with Gasteiger partial charge in [0.05, 0.1) is 5.69 Å². The van der Waals surface area contributed by atoms with Crippen LogP contribution in [0.15, 0.2) is 109 Å². The molecule has 1 unspecified atom stereocenters. The Hall–Kier alpha value is -3.62. The van der Waals surface area contributed by atoms with E-state index in [1.54, 1.807) is 0 Å². The second-order valence-electron chi connectivity index (χ2n) is 9.88. The number of nitrogens with zero attached hydrogens (tertiary/aromatic N) is 3. The molecule has 211 valence electrons. The Morgan fingerprint density at radius 1 is 0.634 bits per heavy atom. The fourth-order valence-corrected chi connectivity index (χ4v) is 4.10. The molecule has 0 spiro atoms. The first-order valence-corrected chi connectivity index (χ1v) is 13.5. The van der Waals surface area contributed by atoms with Gasteiger partial charge in [0.25, 0.3) is 0 Å². The molecule has 0 fully saturated rings. The Morgan fingerprint density at radius 3 is 1.27 bits per heavy atom. The summed E-state index contributed by atoms with van der Waals surface area (Å²) in [7, 11) is 1.95. The van der Waals surface area contributed by atoms with E-state index in [4.69, 9.17) is 5.32 Å². The summed E-state index contributed by atoms with van der Waals surface area (Å²) in [5.41, 5.74) is 10.3. The van der Waals surface area contributed by atoms with Crippen LogP contribution in [0.1, 0.15) is 57.6 Å². The van der Waals surface area contributed by atoms with Gasteiger partial charge in [-0.1, -0.05) is 60.0 Å². The van der Waals surface area contributed by atoms with Crippen LogP contribution < -0.4 is 0 Å². The summed E-state index contributed by atoms with van der Waals surface area (Å²) in [5.74, 6) is 0. The number of benzene rings is 4. The number of hydrogen-bond acceptors (Lipinski definition) is 1. The zero-order chi connectivity index (χ0) is 29.5. The maximum absolute atomic E-state index is 4.87. The summed E-state index contributed by atoms with van der Waals surface area (Å²) in [4.78, 5) is 0. The summed E-state index contributed by atoms with van der Waals surface area (Å²) in [6.07, 6.45) is 2.04. The molecule has 5 aromatic rings. The molecular formula is C37H43N3Zr-. The van der Waals surface area contributed by atoms with E-state index in [2.05, 4.69) is 72.6 Å². The van der Waals surface area contributed by atoms with E-state index in [-0.39, 0.29) is 32.2 Å². The van der Waals surface area contributed by atoms with Gasteiger partial charge in [0, 0.05) is 13.2 Å². The molecule has 1 radical (unpaired) electrons. The first kappa shape index (κ1) is 35.4. The van der Waals surface area contributed by atoms with Crippen molar-refractivity contribution in [3.8, 4) is 0 Å². The zero-order valence-electron chi connectivity index (χ0n) is 25.4. The van der Waals surface area contributed by atoms with Crippen molar-refractivity contribution in [2.75, 3.05) is 0 Å². The zero-order valence-corrected chi connectivity index (χ0v) is 27.9. The van der Waals surface area contributed by atoms with Gasteiger partial charge in [0.15, 0.2) is 0 Å². The molecule has 1 atom stereocenters. The number of aromatic nitrogens is 2. The average Bonchev–Trinajstić information content (AvgIpc) is 3.26. The van der Waals surface area contributed by atoms with Crippen LogP contribution in [0.4, 0.5) is 5.69 Å². The summed E-state index contributed by atoms with van der Waals surface area (Å²) in [6, 6.07) is 34.1. The molecule has 0 saturated carbocycles. The molecule has 5 rings (SSSR count). The fraction of sp³-hybridized carbons (Fsp3) is 0.189. The monoisotopic (exact) mass is 619 g/mol. The van der Waals surface area contributed by atoms with E-state index in [0.717, 1.165) is 28.1 Å². The molecule has 4 aromatic carbocycles. The third kappa shape index (κ3) is 13.5. The van der Waals surface area contributed by atoms with Gasteiger partial charge in [-0.25, -0.2) is 0 Å². The van der Waals surface area contributed by atoms with Crippen molar-refractivity contribution < 1.29 is 26.2 Å². The molecule has 0 bridgehead atoms. The second kappa shape index (κ2) is 18.7. The van der Waals surface area contributed by atoms with Crippen molar-refractivity contribution in [1.29, 1.82) is 0 Å². The molecule has 0 N–H and O–H groups in total. The molecule has 0 amide bonds. The van der Waals surface area contributed by atoms with Gasteiger partial charge < -0.3 is 5.32 Å². The summed E-state index contributed by atoms with van der Waals surface area (Å²) >= 11 is 0. The van der Waals surface area contributed by atoms with Crippen molar-refractivity contribution in [2.24, 2.45) is 7.05 Å². The van der Waals surface area contributed by atoms with E-state index in [0.29, 0.717) is 0 Å². The van der Waals surface area contributed by atoms with Crippen LogP contribution >= 0.6 is 0 Å². The molecule has 0 aliphatic carbocycles. The molecule has 41 heavy (non-hydrogen) atoms. The van der Waals surface area contributed by atoms with Crippen molar-refractivity contribution in [2.45, 2.75) is 40.7 Å². The van der Waals surface area contributed by atoms with Gasteiger partial charge in [0.1, 0.15) is 0 Å². The predicted molar refractivity (Wildman–Crippen MR) is 173 cm³/mol. The normalized spacial score (nSPS) is 10.2. The predicted octanol–water partition coefficient (Wildman–Crippen LogP) is 10.0. The SMILES string of the molecule is Cc1cc(C)c([N-]C(C)c2nn(C)cc2C)c(C)c1.[CH2-]c1ccccc1.[CH2-]c1ccccc1.[CH2-]c1ccccc1.[Zr+3]. The third-order valence-corrected chi connectivity index (χ3v) is 5.93. The summed E-state index contributed by atoms with van der Waals surface area (Å²) < 4.78 is 1.85. The van der Waals surface area contributed by atoms with E-state index >= 15 is 0 Å². The molecule has 4 heteroatoms. The minimum absolute atomic E-state index is 0. The van der Waals surface area contributed by atoms with Crippen LogP contribution in [0.5, 0.6) is 0 Å².